The van der Waals surface area contributed by atoms with Gasteiger partial charge in [-0.05, 0) is 24.3 Å². The van der Waals surface area contributed by atoms with E-state index in [2.05, 4.69) is 0 Å². The van der Waals surface area contributed by atoms with Gasteiger partial charge in [-0.3, -0.25) is 4.79 Å². The summed E-state index contributed by atoms with van der Waals surface area (Å²) in [5.41, 5.74) is 0.462. The molecule has 2 aromatic carbocycles. The third-order valence-electron chi connectivity index (χ3n) is 2.55. The first kappa shape index (κ1) is 13.8. The molecular weight excluding hydrogens is 256 g/mol. The van der Waals surface area contributed by atoms with Crippen LogP contribution in [-0.4, -0.2) is 11.9 Å². The number of rotatable bonds is 4. The zero-order chi connectivity index (χ0) is 14.4. The molecule has 0 aromatic heterocycles. The molecule has 4 heteroatoms. The Kier molecular flexibility index (Phi) is 4.50. The number of esters is 2. The van der Waals surface area contributed by atoms with Gasteiger partial charge in [-0.1, -0.05) is 31.2 Å². The van der Waals surface area contributed by atoms with Crippen LogP contribution in [0.5, 0.6) is 11.5 Å². The van der Waals surface area contributed by atoms with Crippen LogP contribution in [-0.2, 0) is 4.79 Å². The van der Waals surface area contributed by atoms with Crippen molar-refractivity contribution in [1.29, 1.82) is 0 Å². The molecule has 102 valence electrons. The van der Waals surface area contributed by atoms with Gasteiger partial charge in [0.2, 0.25) is 0 Å². The van der Waals surface area contributed by atoms with Crippen LogP contribution in [0, 0.1) is 0 Å². The van der Waals surface area contributed by atoms with Crippen molar-refractivity contribution in [2.24, 2.45) is 0 Å². The molecule has 0 fully saturated rings. The molecule has 0 heterocycles. The second-order valence-corrected chi connectivity index (χ2v) is 4.06. The maximum Gasteiger partial charge on any atom is 0.343 e. The highest BCUT2D eigenvalue weighted by atomic mass is 16.5. The third kappa shape index (κ3) is 3.68. The van der Waals surface area contributed by atoms with Crippen molar-refractivity contribution >= 4 is 11.9 Å². The molecule has 4 nitrogen and oxygen atoms in total. The number of benzene rings is 2. The van der Waals surface area contributed by atoms with E-state index in [1.807, 2.05) is 6.07 Å². The van der Waals surface area contributed by atoms with Crippen LogP contribution in [0.3, 0.4) is 0 Å². The highest BCUT2D eigenvalue weighted by Gasteiger charge is 2.09. The van der Waals surface area contributed by atoms with E-state index >= 15 is 0 Å². The van der Waals surface area contributed by atoms with E-state index in [1.165, 1.54) is 6.07 Å². The molecule has 0 atom stereocenters. The highest BCUT2D eigenvalue weighted by Crippen LogP contribution is 2.20. The molecule has 0 radical (unpaired) electrons. The SMILES string of the molecule is CCC(=O)Oc1cccc(OC(=O)c2ccccc2)c1. The van der Waals surface area contributed by atoms with Crippen molar-refractivity contribution in [3.63, 3.8) is 0 Å². The monoisotopic (exact) mass is 270 g/mol. The Labute approximate surface area is 116 Å². The normalized spacial score (nSPS) is 9.85. The van der Waals surface area contributed by atoms with Gasteiger partial charge in [0, 0.05) is 12.5 Å². The molecule has 0 N–H and O–H groups in total. The van der Waals surface area contributed by atoms with Crippen molar-refractivity contribution in [3.05, 3.63) is 60.2 Å². The van der Waals surface area contributed by atoms with Crippen LogP contribution in [0.2, 0.25) is 0 Å². The average Bonchev–Trinajstić information content (AvgIpc) is 2.48. The number of carbonyl (C=O) groups is 2. The molecule has 0 saturated heterocycles. The Morgan fingerprint density at radius 3 is 2.20 bits per heavy atom. The highest BCUT2D eigenvalue weighted by molar-refractivity contribution is 5.91. The van der Waals surface area contributed by atoms with Gasteiger partial charge in [-0.25, -0.2) is 4.79 Å². The summed E-state index contributed by atoms with van der Waals surface area (Å²) in [4.78, 5) is 23.1. The Hall–Kier alpha value is -2.62. The topological polar surface area (TPSA) is 52.6 Å². The first-order valence-corrected chi connectivity index (χ1v) is 6.27. The summed E-state index contributed by atoms with van der Waals surface area (Å²) >= 11 is 0. The quantitative estimate of drug-likeness (QED) is 0.632. The Bertz CT molecular complexity index is 605. The summed E-state index contributed by atoms with van der Waals surface area (Å²) in [5.74, 6) is -0.100. The zero-order valence-corrected chi connectivity index (χ0v) is 11.0. The summed E-state index contributed by atoms with van der Waals surface area (Å²) in [5, 5.41) is 0. The molecule has 0 saturated carbocycles. The summed E-state index contributed by atoms with van der Waals surface area (Å²) in [6, 6.07) is 15.1. The third-order valence-corrected chi connectivity index (χ3v) is 2.55. The minimum atomic E-state index is -0.454. The molecule has 20 heavy (non-hydrogen) atoms. The van der Waals surface area contributed by atoms with Crippen molar-refractivity contribution in [3.8, 4) is 11.5 Å². The fraction of sp³-hybridized carbons (Fsp3) is 0.125. The van der Waals surface area contributed by atoms with Gasteiger partial charge in [-0.15, -0.1) is 0 Å². The lowest BCUT2D eigenvalue weighted by Gasteiger charge is -2.06. The molecule has 0 bridgehead atoms. The molecular formula is C16H14O4. The Morgan fingerprint density at radius 1 is 0.900 bits per heavy atom. The van der Waals surface area contributed by atoms with Gasteiger partial charge < -0.3 is 9.47 Å². The molecule has 0 aliphatic carbocycles. The average molecular weight is 270 g/mol. The minimum absolute atomic E-state index is 0.286. The summed E-state index contributed by atoms with van der Waals surface area (Å²) in [7, 11) is 0. The molecule has 0 aliphatic heterocycles. The van der Waals surface area contributed by atoms with E-state index in [-0.39, 0.29) is 12.4 Å². The smallest absolute Gasteiger partial charge is 0.343 e. The molecule has 2 rings (SSSR count). The zero-order valence-electron chi connectivity index (χ0n) is 11.0. The van der Waals surface area contributed by atoms with Crippen LogP contribution in [0.25, 0.3) is 0 Å². The predicted molar refractivity (Wildman–Crippen MR) is 73.8 cm³/mol. The maximum absolute atomic E-state index is 11.9. The van der Waals surface area contributed by atoms with Crippen molar-refractivity contribution < 1.29 is 19.1 Å². The fourth-order valence-corrected chi connectivity index (χ4v) is 1.55. The molecule has 0 amide bonds. The predicted octanol–water partition coefficient (Wildman–Crippen LogP) is 3.22. The van der Waals surface area contributed by atoms with Crippen LogP contribution in [0.15, 0.2) is 54.6 Å². The lowest BCUT2D eigenvalue weighted by atomic mass is 10.2. The Morgan fingerprint density at radius 2 is 1.55 bits per heavy atom. The summed E-state index contributed by atoms with van der Waals surface area (Å²) in [6.45, 7) is 1.71. The van der Waals surface area contributed by atoms with Crippen LogP contribution in [0.1, 0.15) is 23.7 Å². The first-order chi connectivity index (χ1) is 9.69. The maximum atomic E-state index is 11.9. The van der Waals surface area contributed by atoms with Gasteiger partial charge in [0.15, 0.2) is 0 Å². The number of carbonyl (C=O) groups excluding carboxylic acids is 2. The number of hydrogen-bond donors (Lipinski definition) is 0. The van der Waals surface area contributed by atoms with Crippen molar-refractivity contribution in [2.45, 2.75) is 13.3 Å². The second kappa shape index (κ2) is 6.52. The van der Waals surface area contributed by atoms with E-state index in [0.29, 0.717) is 17.1 Å². The second-order valence-electron chi connectivity index (χ2n) is 4.06. The van der Waals surface area contributed by atoms with E-state index in [1.54, 1.807) is 49.4 Å². The summed E-state index contributed by atoms with van der Waals surface area (Å²) < 4.78 is 10.3. The van der Waals surface area contributed by atoms with Crippen LogP contribution >= 0.6 is 0 Å². The molecule has 0 unspecified atom stereocenters. The van der Waals surface area contributed by atoms with E-state index in [9.17, 15) is 9.59 Å². The lowest BCUT2D eigenvalue weighted by Crippen LogP contribution is -2.09. The van der Waals surface area contributed by atoms with E-state index in [4.69, 9.17) is 9.47 Å². The minimum Gasteiger partial charge on any atom is -0.426 e. The fourth-order valence-electron chi connectivity index (χ4n) is 1.55. The van der Waals surface area contributed by atoms with Gasteiger partial charge in [0.25, 0.3) is 0 Å². The van der Waals surface area contributed by atoms with Crippen molar-refractivity contribution in [2.75, 3.05) is 0 Å². The van der Waals surface area contributed by atoms with Gasteiger partial charge >= 0.3 is 11.9 Å². The van der Waals surface area contributed by atoms with Crippen LogP contribution in [0.4, 0.5) is 0 Å². The van der Waals surface area contributed by atoms with Gasteiger partial charge in [-0.2, -0.15) is 0 Å². The van der Waals surface area contributed by atoms with E-state index < -0.39 is 5.97 Å². The lowest BCUT2D eigenvalue weighted by molar-refractivity contribution is -0.134. The number of ether oxygens (including phenoxy) is 2. The molecule has 2 aromatic rings. The Balaban J connectivity index is 2.08. The largest absolute Gasteiger partial charge is 0.426 e. The van der Waals surface area contributed by atoms with Gasteiger partial charge in [0.1, 0.15) is 11.5 Å². The van der Waals surface area contributed by atoms with E-state index in [0.717, 1.165) is 0 Å². The van der Waals surface area contributed by atoms with Crippen molar-refractivity contribution in [1.82, 2.24) is 0 Å². The molecule has 0 aliphatic rings. The first-order valence-electron chi connectivity index (χ1n) is 6.27. The van der Waals surface area contributed by atoms with Crippen LogP contribution < -0.4 is 9.47 Å². The van der Waals surface area contributed by atoms with Gasteiger partial charge in [0.05, 0.1) is 5.56 Å². The summed E-state index contributed by atoms with van der Waals surface area (Å²) in [6.07, 6.45) is 0.286. The molecule has 0 spiro atoms. The standard InChI is InChI=1S/C16H14O4/c1-2-15(17)19-13-9-6-10-14(11-13)20-16(18)12-7-4-3-5-8-12/h3-11H,2H2,1H3. The number of hydrogen-bond acceptors (Lipinski definition) is 4.